The van der Waals surface area contributed by atoms with Crippen LogP contribution < -0.4 is 4.90 Å². The second kappa shape index (κ2) is 7.57. The molecule has 1 saturated carbocycles. The highest BCUT2D eigenvalue weighted by atomic mass is 16.6. The molecule has 1 aliphatic carbocycles. The number of nitrogens with zero attached hydrogens (tertiary/aromatic N) is 2. The number of benzene rings is 2. The van der Waals surface area contributed by atoms with E-state index in [1.807, 2.05) is 12.1 Å². The number of non-ortho nitro benzene ring substituents is 1. The molecular weight excluding hydrogens is 348 g/mol. The van der Waals surface area contributed by atoms with E-state index in [0.717, 1.165) is 17.5 Å². The van der Waals surface area contributed by atoms with Gasteiger partial charge < -0.3 is 10.0 Å². The van der Waals surface area contributed by atoms with Crippen LogP contribution in [0.2, 0.25) is 0 Å². The molecular formula is C20H20N2O5. The third-order valence-corrected chi connectivity index (χ3v) is 5.15. The van der Waals surface area contributed by atoms with E-state index < -0.39 is 22.7 Å². The van der Waals surface area contributed by atoms with Gasteiger partial charge in [-0.15, -0.1) is 0 Å². The van der Waals surface area contributed by atoms with Crippen LogP contribution in [0, 0.1) is 22.0 Å². The van der Waals surface area contributed by atoms with E-state index in [2.05, 4.69) is 0 Å². The Balaban J connectivity index is 1.75. The topological polar surface area (TPSA) is 101 Å². The van der Waals surface area contributed by atoms with Gasteiger partial charge in [-0.3, -0.25) is 19.7 Å². The molecule has 140 valence electrons. The van der Waals surface area contributed by atoms with Gasteiger partial charge in [0, 0.05) is 24.9 Å². The lowest BCUT2D eigenvalue weighted by atomic mass is 9.94. The molecule has 0 radical (unpaired) electrons. The van der Waals surface area contributed by atoms with Crippen molar-refractivity contribution in [3.63, 3.8) is 0 Å². The van der Waals surface area contributed by atoms with E-state index in [4.69, 9.17) is 0 Å². The standard InChI is InChI=1S/C20H20N2O5/c1-21(19(23)17-3-2-4-18(17)20(24)25)15-9-5-13(6-10-15)14-7-11-16(12-8-14)22(26)27/h5-12,17-18H,2-4H2,1H3,(H,24,25). The summed E-state index contributed by atoms with van der Waals surface area (Å²) in [6, 6.07) is 13.5. The van der Waals surface area contributed by atoms with E-state index in [1.54, 1.807) is 31.3 Å². The molecule has 7 heteroatoms. The first kappa shape index (κ1) is 18.6. The van der Waals surface area contributed by atoms with E-state index >= 15 is 0 Å². The van der Waals surface area contributed by atoms with Gasteiger partial charge in [0.25, 0.3) is 5.69 Å². The Labute approximate surface area is 156 Å². The Morgan fingerprint density at radius 1 is 1.00 bits per heavy atom. The average Bonchev–Trinajstić information content (AvgIpc) is 3.17. The highest BCUT2D eigenvalue weighted by Gasteiger charge is 2.39. The fraction of sp³-hybridized carbons (Fsp3) is 0.300. The van der Waals surface area contributed by atoms with Gasteiger partial charge in [-0.2, -0.15) is 0 Å². The van der Waals surface area contributed by atoms with Crippen LogP contribution in [-0.4, -0.2) is 29.0 Å². The zero-order valence-corrected chi connectivity index (χ0v) is 14.9. The maximum absolute atomic E-state index is 12.7. The van der Waals surface area contributed by atoms with Crippen molar-refractivity contribution >= 4 is 23.3 Å². The molecule has 1 aliphatic rings. The van der Waals surface area contributed by atoms with Gasteiger partial charge in [-0.25, -0.2) is 0 Å². The summed E-state index contributed by atoms with van der Waals surface area (Å²) in [6.45, 7) is 0. The Hall–Kier alpha value is -3.22. The van der Waals surface area contributed by atoms with Gasteiger partial charge in [0.05, 0.1) is 16.8 Å². The molecule has 0 heterocycles. The molecule has 2 aromatic rings. The SMILES string of the molecule is CN(C(=O)C1CCCC1C(=O)O)c1ccc(-c2ccc([N+](=O)[O-])cc2)cc1. The molecule has 1 fully saturated rings. The summed E-state index contributed by atoms with van der Waals surface area (Å²) in [4.78, 5) is 35.8. The zero-order valence-electron chi connectivity index (χ0n) is 14.9. The molecule has 2 aromatic carbocycles. The number of carbonyl (C=O) groups is 2. The van der Waals surface area contributed by atoms with Gasteiger partial charge in [-0.05, 0) is 48.2 Å². The summed E-state index contributed by atoms with van der Waals surface area (Å²) in [6.07, 6.45) is 1.89. The highest BCUT2D eigenvalue weighted by Crippen LogP contribution is 2.34. The number of hydrogen-bond donors (Lipinski definition) is 1. The second-order valence-corrected chi connectivity index (χ2v) is 6.73. The minimum Gasteiger partial charge on any atom is -0.481 e. The molecule has 0 aromatic heterocycles. The summed E-state index contributed by atoms with van der Waals surface area (Å²) in [7, 11) is 1.65. The molecule has 0 aliphatic heterocycles. The maximum atomic E-state index is 12.7. The van der Waals surface area contributed by atoms with E-state index in [-0.39, 0.29) is 11.6 Å². The number of nitro benzene ring substituents is 1. The van der Waals surface area contributed by atoms with Crippen molar-refractivity contribution in [1.29, 1.82) is 0 Å². The zero-order chi connectivity index (χ0) is 19.6. The van der Waals surface area contributed by atoms with Gasteiger partial charge in [0.1, 0.15) is 0 Å². The first-order valence-electron chi connectivity index (χ1n) is 8.73. The van der Waals surface area contributed by atoms with E-state index in [0.29, 0.717) is 18.5 Å². The quantitative estimate of drug-likeness (QED) is 0.640. The third-order valence-electron chi connectivity index (χ3n) is 5.15. The number of aliphatic carboxylic acids is 1. The number of carboxylic acid groups (broad SMARTS) is 1. The van der Waals surface area contributed by atoms with Crippen LogP contribution in [0.1, 0.15) is 19.3 Å². The first-order chi connectivity index (χ1) is 12.9. The average molecular weight is 368 g/mol. The molecule has 2 atom stereocenters. The van der Waals surface area contributed by atoms with Crippen LogP contribution in [0.5, 0.6) is 0 Å². The molecule has 1 amide bonds. The summed E-state index contributed by atoms with van der Waals surface area (Å²) in [5.74, 6) is -2.18. The molecule has 0 saturated heterocycles. The summed E-state index contributed by atoms with van der Waals surface area (Å²) < 4.78 is 0. The van der Waals surface area contributed by atoms with Crippen LogP contribution >= 0.6 is 0 Å². The molecule has 1 N–H and O–H groups in total. The van der Waals surface area contributed by atoms with Crippen molar-refractivity contribution in [2.45, 2.75) is 19.3 Å². The first-order valence-corrected chi connectivity index (χ1v) is 8.73. The van der Waals surface area contributed by atoms with Gasteiger partial charge in [-0.1, -0.05) is 18.6 Å². The lowest BCUT2D eigenvalue weighted by Gasteiger charge is -2.23. The number of carboxylic acids is 1. The lowest BCUT2D eigenvalue weighted by molar-refractivity contribution is -0.384. The highest BCUT2D eigenvalue weighted by molar-refractivity contribution is 5.97. The molecule has 27 heavy (non-hydrogen) atoms. The van der Waals surface area contributed by atoms with Gasteiger partial charge >= 0.3 is 5.97 Å². The smallest absolute Gasteiger partial charge is 0.307 e. The van der Waals surface area contributed by atoms with Crippen molar-refractivity contribution in [1.82, 2.24) is 0 Å². The van der Waals surface area contributed by atoms with E-state index in [1.165, 1.54) is 17.0 Å². The van der Waals surface area contributed by atoms with Gasteiger partial charge in [0.15, 0.2) is 0 Å². The maximum Gasteiger partial charge on any atom is 0.307 e. The summed E-state index contributed by atoms with van der Waals surface area (Å²) >= 11 is 0. The van der Waals surface area contributed by atoms with Crippen molar-refractivity contribution in [2.75, 3.05) is 11.9 Å². The lowest BCUT2D eigenvalue weighted by Crippen LogP contribution is -2.36. The molecule has 3 rings (SSSR count). The monoisotopic (exact) mass is 368 g/mol. The van der Waals surface area contributed by atoms with Crippen LogP contribution in [0.25, 0.3) is 11.1 Å². The Morgan fingerprint density at radius 3 is 2.04 bits per heavy atom. The normalized spacial score (nSPS) is 18.9. The predicted octanol–water partition coefficient (Wildman–Crippen LogP) is 3.73. The van der Waals surface area contributed by atoms with Gasteiger partial charge in [0.2, 0.25) is 5.91 Å². The number of amides is 1. The van der Waals surface area contributed by atoms with Crippen molar-refractivity contribution in [3.05, 3.63) is 58.6 Å². The largest absolute Gasteiger partial charge is 0.481 e. The third kappa shape index (κ3) is 3.81. The number of rotatable bonds is 5. The minimum atomic E-state index is -0.909. The van der Waals surface area contributed by atoms with Crippen LogP contribution in [0.15, 0.2) is 48.5 Å². The molecule has 2 unspecified atom stereocenters. The minimum absolute atomic E-state index is 0.0326. The Morgan fingerprint density at radius 2 is 1.52 bits per heavy atom. The van der Waals surface area contributed by atoms with Crippen molar-refractivity contribution in [2.24, 2.45) is 11.8 Å². The Bertz CT molecular complexity index is 861. The van der Waals surface area contributed by atoms with Crippen LogP contribution in [0.3, 0.4) is 0 Å². The number of hydrogen-bond acceptors (Lipinski definition) is 4. The number of nitro groups is 1. The predicted molar refractivity (Wildman–Crippen MR) is 100 cm³/mol. The van der Waals surface area contributed by atoms with Crippen LogP contribution in [-0.2, 0) is 9.59 Å². The molecule has 7 nitrogen and oxygen atoms in total. The van der Waals surface area contributed by atoms with Crippen LogP contribution in [0.4, 0.5) is 11.4 Å². The number of anilines is 1. The fourth-order valence-corrected chi connectivity index (χ4v) is 3.58. The Kier molecular flexibility index (Phi) is 5.21. The fourth-order valence-electron chi connectivity index (χ4n) is 3.58. The number of carbonyl (C=O) groups excluding carboxylic acids is 1. The van der Waals surface area contributed by atoms with Crippen molar-refractivity contribution < 1.29 is 19.6 Å². The van der Waals surface area contributed by atoms with E-state index in [9.17, 15) is 24.8 Å². The molecule has 0 bridgehead atoms. The van der Waals surface area contributed by atoms with Crippen molar-refractivity contribution in [3.8, 4) is 11.1 Å². The second-order valence-electron chi connectivity index (χ2n) is 6.73. The molecule has 0 spiro atoms. The summed E-state index contributed by atoms with van der Waals surface area (Å²) in [5.41, 5.74) is 2.42. The summed E-state index contributed by atoms with van der Waals surface area (Å²) in [5, 5.41) is 20.0.